The van der Waals surface area contributed by atoms with Gasteiger partial charge in [-0.15, -0.1) is 0 Å². The Labute approximate surface area is 350 Å². The number of pyridine rings is 1. The van der Waals surface area contributed by atoms with Crippen LogP contribution in [0.3, 0.4) is 0 Å². The molecule has 0 saturated carbocycles. The first kappa shape index (κ1) is 51.4. The van der Waals surface area contributed by atoms with E-state index >= 15 is 0 Å². The third kappa shape index (κ3) is 17.1. The van der Waals surface area contributed by atoms with E-state index in [2.05, 4.69) is 72.8 Å². The molecule has 0 bridgehead atoms. The van der Waals surface area contributed by atoms with Gasteiger partial charge in [0.15, 0.2) is 5.78 Å². The van der Waals surface area contributed by atoms with Gasteiger partial charge in [-0.1, -0.05) is 124 Å². The second-order valence-electron chi connectivity index (χ2n) is 15.6. The Kier molecular flexibility index (Phi) is 24.7. The van der Waals surface area contributed by atoms with Crippen molar-refractivity contribution in [3.8, 4) is 11.8 Å². The first-order chi connectivity index (χ1) is 27.7. The number of hydrogen-bond acceptors (Lipinski definition) is 7. The van der Waals surface area contributed by atoms with Crippen LogP contribution in [0.5, 0.6) is 5.75 Å². The molecule has 0 aliphatic heterocycles. The summed E-state index contributed by atoms with van der Waals surface area (Å²) in [5, 5.41) is 16.8. The largest absolute Gasteiger partial charge is 0.492 e. The molecule has 0 radical (unpaired) electrons. The maximum atomic E-state index is 12.7. The van der Waals surface area contributed by atoms with Gasteiger partial charge in [0, 0.05) is 47.1 Å². The highest BCUT2D eigenvalue weighted by molar-refractivity contribution is 5.98. The summed E-state index contributed by atoms with van der Waals surface area (Å²) >= 11 is 0. The molecule has 3 aromatic rings. The molecule has 0 N–H and O–H groups in total. The van der Waals surface area contributed by atoms with Crippen molar-refractivity contribution in [3.63, 3.8) is 0 Å². The van der Waals surface area contributed by atoms with Gasteiger partial charge in [-0.25, -0.2) is 0 Å². The summed E-state index contributed by atoms with van der Waals surface area (Å²) in [5.74, 6) is 2.16. The number of aromatic nitrogens is 3. The monoisotopic (exact) mass is 795 g/mol. The van der Waals surface area contributed by atoms with Gasteiger partial charge in [0.2, 0.25) is 0 Å². The number of nitrogens with zero attached hydrogens (tertiary/aromatic N) is 4. The van der Waals surface area contributed by atoms with Crippen molar-refractivity contribution >= 4 is 29.0 Å². The van der Waals surface area contributed by atoms with Gasteiger partial charge in [-0.05, 0) is 69.9 Å². The zero-order chi connectivity index (χ0) is 43.8. The van der Waals surface area contributed by atoms with Gasteiger partial charge in [-0.3, -0.25) is 24.0 Å². The molecule has 0 spiro atoms. The Morgan fingerprint density at radius 3 is 2.09 bits per heavy atom. The zero-order valence-electron chi connectivity index (χ0n) is 38.3. The molecule has 0 aliphatic rings. The van der Waals surface area contributed by atoms with Crippen LogP contribution in [0, 0.1) is 29.1 Å². The molecule has 0 saturated heterocycles. The van der Waals surface area contributed by atoms with Crippen molar-refractivity contribution < 1.29 is 19.1 Å². The third-order valence-electron chi connectivity index (χ3n) is 10.3. The maximum absolute atomic E-state index is 12.7. The van der Waals surface area contributed by atoms with E-state index in [-0.39, 0.29) is 29.2 Å². The fourth-order valence-electron chi connectivity index (χ4n) is 6.15. The smallest absolute Gasteiger partial charge is 0.165 e. The van der Waals surface area contributed by atoms with Gasteiger partial charge in [-0.2, -0.15) is 10.4 Å². The van der Waals surface area contributed by atoms with E-state index < -0.39 is 0 Å². The normalized spacial score (nSPS) is 12.6. The zero-order valence-corrected chi connectivity index (χ0v) is 38.3. The molecular weight excluding hydrogens is 721 g/mol. The number of Topliss-reactive ketones (excluding diaryl/α,β-unsaturated/α-hetero) is 3. The molecule has 1 aromatic carbocycles. The second kappa shape index (κ2) is 27.9. The summed E-state index contributed by atoms with van der Waals surface area (Å²) in [6.07, 6.45) is 17.0. The van der Waals surface area contributed by atoms with Crippen LogP contribution in [-0.2, 0) is 22.6 Å². The maximum Gasteiger partial charge on any atom is 0.165 e. The minimum absolute atomic E-state index is 0.0386. The van der Waals surface area contributed by atoms with Crippen LogP contribution in [0.4, 0.5) is 0 Å². The summed E-state index contributed by atoms with van der Waals surface area (Å²) in [6, 6.07) is 10.2. The fraction of sp³-hybridized carbons (Fsp3) is 0.560. The Hall–Kier alpha value is -4.64. The van der Waals surface area contributed by atoms with Crippen LogP contribution >= 0.6 is 0 Å². The van der Waals surface area contributed by atoms with Crippen LogP contribution in [0.15, 0.2) is 48.3 Å². The summed E-state index contributed by atoms with van der Waals surface area (Å²) in [4.78, 5) is 39.3. The highest BCUT2D eigenvalue weighted by atomic mass is 16.5. The van der Waals surface area contributed by atoms with E-state index in [1.807, 2.05) is 57.6 Å². The Morgan fingerprint density at radius 2 is 1.57 bits per heavy atom. The Bertz CT molecular complexity index is 1940. The number of allylic oxidation sites excluding steroid dienone is 2. The SMILES string of the molecule is CCC(C)CC.CCCC(=O)CCC(C)C(C)=O.CC\C=c1/c(=C(\C=C(/C)CCC)c2ncc(OCC)cc2C#N)cnn1Cc1ccc(C(=O)C(C)C)c(CC)c1. The molecule has 3 rings (SSSR count). The molecule has 0 fully saturated rings. The Morgan fingerprint density at radius 1 is 0.897 bits per heavy atom. The van der Waals surface area contributed by atoms with E-state index in [0.717, 1.165) is 70.9 Å². The molecule has 318 valence electrons. The van der Waals surface area contributed by atoms with Gasteiger partial charge in [0.25, 0.3) is 0 Å². The van der Waals surface area contributed by atoms with E-state index in [9.17, 15) is 19.6 Å². The molecule has 0 aliphatic carbocycles. The number of rotatable bonds is 20. The predicted molar refractivity (Wildman–Crippen MR) is 240 cm³/mol. The topological polar surface area (TPSA) is 115 Å². The average molecular weight is 795 g/mol. The van der Waals surface area contributed by atoms with Crippen LogP contribution in [-0.4, -0.2) is 38.7 Å². The lowest BCUT2D eigenvalue weighted by Gasteiger charge is -2.12. The molecule has 1 unspecified atom stereocenters. The van der Waals surface area contributed by atoms with Crippen molar-refractivity contribution in [2.24, 2.45) is 17.8 Å². The lowest BCUT2D eigenvalue weighted by atomic mass is 9.93. The second-order valence-corrected chi connectivity index (χ2v) is 15.6. The standard InChI is InChI=1S/C34H42N4O2.C10H18O2.C6H14/c1-8-12-24(7)16-30(33-27(19-35)18-28(20-36-33)40-11-4)31-21-37-38(32(31)13-9-2)22-25-14-15-29(26(10-3)17-25)34(39)23(5)6;1-4-5-10(12)7-6-8(2)9(3)11;1-4-6(3)5-2/h13-18,20-21,23H,8-12,22H2,1-7H3;8H,4-7H2,1-3H3;6H,4-5H2,1-3H3/b24-16+,31-30+,32-13+;;. The highest BCUT2D eigenvalue weighted by Gasteiger charge is 2.17. The fourth-order valence-corrected chi connectivity index (χ4v) is 6.15. The molecule has 8 nitrogen and oxygen atoms in total. The number of nitriles is 1. The lowest BCUT2D eigenvalue weighted by molar-refractivity contribution is -0.121. The number of carbonyl (C=O) groups excluding carboxylic acids is 3. The molecule has 8 heteroatoms. The number of benzene rings is 1. The summed E-state index contributed by atoms with van der Waals surface area (Å²) in [6.45, 7) is 27.5. The van der Waals surface area contributed by atoms with Gasteiger partial charge >= 0.3 is 0 Å². The van der Waals surface area contributed by atoms with Gasteiger partial charge in [0.05, 0.1) is 42.2 Å². The van der Waals surface area contributed by atoms with Gasteiger partial charge < -0.3 is 4.74 Å². The highest BCUT2D eigenvalue weighted by Crippen LogP contribution is 2.23. The molecular formula is C50H74N4O4. The summed E-state index contributed by atoms with van der Waals surface area (Å²) in [5.41, 5.74) is 6.14. The third-order valence-corrected chi connectivity index (χ3v) is 10.3. The number of ketones is 3. The van der Waals surface area contributed by atoms with E-state index in [4.69, 9.17) is 14.8 Å². The van der Waals surface area contributed by atoms with Crippen molar-refractivity contribution in [1.82, 2.24) is 14.8 Å². The molecule has 2 heterocycles. The van der Waals surface area contributed by atoms with Crippen LogP contribution in [0.2, 0.25) is 0 Å². The van der Waals surface area contributed by atoms with Crippen molar-refractivity contribution in [2.75, 3.05) is 6.61 Å². The van der Waals surface area contributed by atoms with E-state index in [1.54, 1.807) is 19.2 Å². The molecule has 0 amide bonds. The number of ether oxygens (including phenoxy) is 1. The number of hydrogen-bond donors (Lipinski definition) is 0. The summed E-state index contributed by atoms with van der Waals surface area (Å²) in [7, 11) is 0. The first-order valence-electron chi connectivity index (χ1n) is 21.8. The lowest BCUT2D eigenvalue weighted by Crippen LogP contribution is -2.32. The molecule has 2 aromatic heterocycles. The minimum Gasteiger partial charge on any atom is -0.492 e. The number of carbonyl (C=O) groups is 3. The quantitative estimate of drug-likeness (QED) is 0.105. The van der Waals surface area contributed by atoms with Crippen molar-refractivity contribution in [1.29, 1.82) is 5.26 Å². The summed E-state index contributed by atoms with van der Waals surface area (Å²) < 4.78 is 7.62. The average Bonchev–Trinajstić information content (AvgIpc) is 3.60. The molecule has 58 heavy (non-hydrogen) atoms. The Balaban J connectivity index is 0.000000774. The molecule has 1 atom stereocenters. The van der Waals surface area contributed by atoms with Crippen LogP contribution < -0.4 is 15.3 Å². The van der Waals surface area contributed by atoms with Crippen LogP contribution in [0.25, 0.3) is 11.6 Å². The van der Waals surface area contributed by atoms with Gasteiger partial charge in [0.1, 0.15) is 23.4 Å². The number of aryl methyl sites for hydroxylation is 1. The minimum atomic E-state index is -0.0386. The van der Waals surface area contributed by atoms with E-state index in [1.165, 1.54) is 18.4 Å². The first-order valence-corrected chi connectivity index (χ1v) is 21.8. The predicted octanol–water partition coefficient (Wildman–Crippen LogP) is 10.9. The van der Waals surface area contributed by atoms with Crippen LogP contribution in [0.1, 0.15) is 181 Å². The van der Waals surface area contributed by atoms with Crippen molar-refractivity contribution in [2.45, 2.75) is 161 Å². The van der Waals surface area contributed by atoms with E-state index in [0.29, 0.717) is 49.4 Å². The van der Waals surface area contributed by atoms with Crippen molar-refractivity contribution in [3.05, 3.63) is 86.8 Å².